The van der Waals surface area contributed by atoms with Gasteiger partial charge >= 0.3 is 11.9 Å². The molecule has 0 aliphatic rings. The molecule has 0 fully saturated rings. The number of aromatic carboxylic acids is 2. The lowest BCUT2D eigenvalue weighted by atomic mass is 10.1. The monoisotopic (exact) mass is 312 g/mol. The molecule has 0 aliphatic heterocycles. The molecular weight excluding hydrogens is 292 g/mol. The van der Waals surface area contributed by atoms with Crippen molar-refractivity contribution in [2.45, 2.75) is 32.8 Å². The quantitative estimate of drug-likeness (QED) is 0.760. The number of hydrogen-bond acceptors (Lipinski definition) is 5. The minimum absolute atomic E-state index is 0.00370. The zero-order chi connectivity index (χ0) is 16.9. The van der Waals surface area contributed by atoms with E-state index in [1.807, 2.05) is 13.8 Å². The molecule has 0 bridgehead atoms. The zero-order valence-electron chi connectivity index (χ0n) is 13.0. The van der Waals surface area contributed by atoms with Gasteiger partial charge in [0.25, 0.3) is 0 Å². The summed E-state index contributed by atoms with van der Waals surface area (Å²) in [6.45, 7) is 3.82. The lowest BCUT2D eigenvalue weighted by molar-refractivity contribution is 0.0689. The van der Waals surface area contributed by atoms with Crippen LogP contribution in [0.3, 0.4) is 0 Å². The van der Waals surface area contributed by atoms with Gasteiger partial charge in [-0.3, -0.25) is 0 Å². The van der Waals surface area contributed by atoms with Gasteiger partial charge in [0.15, 0.2) is 11.5 Å². The van der Waals surface area contributed by atoms with Crippen LogP contribution < -0.4 is 14.2 Å². The van der Waals surface area contributed by atoms with E-state index >= 15 is 0 Å². The standard InChI is InChI=1S/C15H20O7/c1-5-8(6-2)22-13-11(20-3)9(14(16)17)7-10(15(18)19)12(13)21-4/h7-8H,5-6H2,1-4H3,(H,16,17)(H,18,19). The minimum Gasteiger partial charge on any atom is -0.492 e. The van der Waals surface area contributed by atoms with Crippen molar-refractivity contribution in [3.05, 3.63) is 17.2 Å². The van der Waals surface area contributed by atoms with Crippen LogP contribution in [0.5, 0.6) is 17.2 Å². The predicted molar refractivity (Wildman–Crippen MR) is 78.5 cm³/mol. The van der Waals surface area contributed by atoms with E-state index in [4.69, 9.17) is 14.2 Å². The van der Waals surface area contributed by atoms with E-state index in [1.54, 1.807) is 0 Å². The highest BCUT2D eigenvalue weighted by Crippen LogP contribution is 2.44. The largest absolute Gasteiger partial charge is 0.492 e. The number of ether oxygens (including phenoxy) is 3. The van der Waals surface area contributed by atoms with Crippen LogP contribution in [0.15, 0.2) is 6.07 Å². The number of carboxylic acid groups (broad SMARTS) is 2. The molecule has 0 aromatic heterocycles. The molecule has 22 heavy (non-hydrogen) atoms. The van der Waals surface area contributed by atoms with Gasteiger partial charge in [0.1, 0.15) is 11.1 Å². The molecule has 7 nitrogen and oxygen atoms in total. The molecule has 0 saturated carbocycles. The first-order chi connectivity index (χ1) is 10.4. The molecule has 0 aliphatic carbocycles. The molecular formula is C15H20O7. The van der Waals surface area contributed by atoms with E-state index in [2.05, 4.69) is 0 Å². The van der Waals surface area contributed by atoms with Crippen LogP contribution in [0.2, 0.25) is 0 Å². The minimum atomic E-state index is -1.31. The first-order valence-corrected chi connectivity index (χ1v) is 6.83. The second kappa shape index (κ2) is 7.53. The highest BCUT2D eigenvalue weighted by Gasteiger charge is 2.28. The van der Waals surface area contributed by atoms with Crippen LogP contribution in [0.1, 0.15) is 47.4 Å². The number of rotatable bonds is 8. The Bertz CT molecular complexity index is 521. The Kier molecular flexibility index (Phi) is 6.03. The van der Waals surface area contributed by atoms with Gasteiger partial charge in [-0.05, 0) is 18.9 Å². The van der Waals surface area contributed by atoms with E-state index < -0.39 is 11.9 Å². The maximum absolute atomic E-state index is 11.4. The van der Waals surface area contributed by atoms with Gasteiger partial charge in [0.2, 0.25) is 5.75 Å². The van der Waals surface area contributed by atoms with E-state index in [0.717, 1.165) is 6.07 Å². The van der Waals surface area contributed by atoms with Crippen LogP contribution in [0.4, 0.5) is 0 Å². The van der Waals surface area contributed by atoms with E-state index in [9.17, 15) is 19.8 Å². The maximum atomic E-state index is 11.4. The fourth-order valence-electron chi connectivity index (χ4n) is 2.08. The number of carbonyl (C=O) groups is 2. The molecule has 0 spiro atoms. The SMILES string of the molecule is CCC(CC)Oc1c(OC)c(C(=O)O)cc(C(=O)O)c1OC. The predicted octanol–water partition coefficient (Wildman–Crippen LogP) is 2.67. The Labute approximate surface area is 128 Å². The van der Waals surface area contributed by atoms with Crippen molar-refractivity contribution in [1.29, 1.82) is 0 Å². The fraction of sp³-hybridized carbons (Fsp3) is 0.467. The molecule has 1 rings (SSSR count). The van der Waals surface area contributed by atoms with Crippen molar-refractivity contribution in [3.63, 3.8) is 0 Å². The van der Waals surface area contributed by atoms with Crippen molar-refractivity contribution >= 4 is 11.9 Å². The summed E-state index contributed by atoms with van der Waals surface area (Å²) in [5.41, 5.74) is -0.580. The highest BCUT2D eigenvalue weighted by atomic mass is 16.5. The number of carboxylic acids is 2. The normalized spacial score (nSPS) is 10.4. The van der Waals surface area contributed by atoms with Crippen molar-refractivity contribution in [2.24, 2.45) is 0 Å². The Morgan fingerprint density at radius 3 is 1.64 bits per heavy atom. The molecule has 0 heterocycles. The first-order valence-electron chi connectivity index (χ1n) is 6.83. The van der Waals surface area contributed by atoms with Crippen LogP contribution in [-0.2, 0) is 0 Å². The first kappa shape index (κ1) is 17.6. The molecule has 0 unspecified atom stereocenters. The number of benzene rings is 1. The van der Waals surface area contributed by atoms with Gasteiger partial charge in [0.05, 0.1) is 20.3 Å². The van der Waals surface area contributed by atoms with E-state index in [1.165, 1.54) is 14.2 Å². The van der Waals surface area contributed by atoms with Crippen LogP contribution >= 0.6 is 0 Å². The summed E-state index contributed by atoms with van der Waals surface area (Å²) in [6, 6.07) is 1.00. The number of hydrogen-bond donors (Lipinski definition) is 2. The summed E-state index contributed by atoms with van der Waals surface area (Å²) < 4.78 is 16.0. The van der Waals surface area contributed by atoms with Crippen molar-refractivity contribution in [1.82, 2.24) is 0 Å². The van der Waals surface area contributed by atoms with Gasteiger partial charge in [-0.2, -0.15) is 0 Å². The van der Waals surface area contributed by atoms with Crippen LogP contribution in [0.25, 0.3) is 0 Å². The fourth-order valence-corrected chi connectivity index (χ4v) is 2.08. The van der Waals surface area contributed by atoms with Crippen molar-refractivity contribution in [3.8, 4) is 17.2 Å². The van der Waals surface area contributed by atoms with Gasteiger partial charge in [-0.1, -0.05) is 13.8 Å². The van der Waals surface area contributed by atoms with Crippen molar-refractivity contribution in [2.75, 3.05) is 14.2 Å². The molecule has 0 atom stereocenters. The Balaban J connectivity index is 3.65. The Morgan fingerprint density at radius 2 is 1.36 bits per heavy atom. The second-order valence-corrected chi connectivity index (χ2v) is 4.53. The molecule has 122 valence electrons. The summed E-state index contributed by atoms with van der Waals surface area (Å²) in [4.78, 5) is 22.7. The van der Waals surface area contributed by atoms with Crippen LogP contribution in [0, 0.1) is 0 Å². The lowest BCUT2D eigenvalue weighted by Gasteiger charge is -2.22. The third-order valence-electron chi connectivity index (χ3n) is 3.25. The summed E-state index contributed by atoms with van der Waals surface area (Å²) >= 11 is 0. The topological polar surface area (TPSA) is 102 Å². The third-order valence-corrected chi connectivity index (χ3v) is 3.25. The molecule has 7 heteroatoms. The van der Waals surface area contributed by atoms with E-state index in [-0.39, 0.29) is 34.5 Å². The zero-order valence-corrected chi connectivity index (χ0v) is 13.0. The maximum Gasteiger partial charge on any atom is 0.339 e. The van der Waals surface area contributed by atoms with E-state index in [0.29, 0.717) is 12.8 Å². The molecule has 1 aromatic rings. The smallest absolute Gasteiger partial charge is 0.339 e. The van der Waals surface area contributed by atoms with Gasteiger partial charge in [-0.15, -0.1) is 0 Å². The molecule has 1 aromatic carbocycles. The van der Waals surface area contributed by atoms with Gasteiger partial charge in [0, 0.05) is 0 Å². The molecule has 0 amide bonds. The summed E-state index contributed by atoms with van der Waals surface area (Å²) in [5.74, 6) is -2.73. The van der Waals surface area contributed by atoms with Gasteiger partial charge in [-0.25, -0.2) is 9.59 Å². The Hall–Kier alpha value is -2.44. The Morgan fingerprint density at radius 1 is 0.955 bits per heavy atom. The number of methoxy groups -OCH3 is 2. The van der Waals surface area contributed by atoms with Crippen LogP contribution in [-0.4, -0.2) is 42.5 Å². The second-order valence-electron chi connectivity index (χ2n) is 4.53. The summed E-state index contributed by atoms with van der Waals surface area (Å²) in [7, 11) is 2.59. The van der Waals surface area contributed by atoms with Gasteiger partial charge < -0.3 is 24.4 Å². The lowest BCUT2D eigenvalue weighted by Crippen LogP contribution is -2.17. The average Bonchev–Trinajstić information content (AvgIpc) is 2.50. The molecule has 0 saturated heterocycles. The van der Waals surface area contributed by atoms with Crippen molar-refractivity contribution < 1.29 is 34.0 Å². The third kappa shape index (κ3) is 3.41. The molecule has 0 radical (unpaired) electrons. The summed E-state index contributed by atoms with van der Waals surface area (Å²) in [5, 5.41) is 18.5. The highest BCUT2D eigenvalue weighted by molar-refractivity contribution is 6.00. The average molecular weight is 312 g/mol. The summed E-state index contributed by atoms with van der Waals surface area (Å²) in [6.07, 6.45) is 1.12. The molecule has 2 N–H and O–H groups in total.